The number of thiophene rings is 1. The number of hydrogen-bond acceptors (Lipinski definition) is 8. The van der Waals surface area contributed by atoms with Gasteiger partial charge in [-0.25, -0.2) is 9.97 Å². The van der Waals surface area contributed by atoms with Crippen LogP contribution in [-0.4, -0.2) is 21.7 Å². The molecule has 30 heavy (non-hydrogen) atoms. The number of nitrogens with zero attached hydrogens (tertiary/aromatic N) is 3. The molecule has 4 aromatic heterocycles. The molecular formula is C22H13N3O4S. The van der Waals surface area contributed by atoms with Crippen molar-refractivity contribution in [3.63, 3.8) is 0 Å². The number of hydrogen-bond donors (Lipinski definition) is 0. The normalized spacial score (nSPS) is 12.4. The van der Waals surface area contributed by atoms with Crippen molar-refractivity contribution in [2.75, 3.05) is 6.79 Å². The second kappa shape index (κ2) is 6.85. The fourth-order valence-electron chi connectivity index (χ4n) is 3.34. The highest BCUT2D eigenvalue weighted by Crippen LogP contribution is 2.43. The Kier molecular flexibility index (Phi) is 3.88. The van der Waals surface area contributed by atoms with Gasteiger partial charge >= 0.3 is 0 Å². The van der Waals surface area contributed by atoms with Gasteiger partial charge in [-0.3, -0.25) is 4.98 Å². The largest absolute Gasteiger partial charge is 0.454 e. The van der Waals surface area contributed by atoms with E-state index in [1.165, 1.54) is 6.39 Å². The van der Waals surface area contributed by atoms with E-state index in [4.69, 9.17) is 23.3 Å². The number of rotatable bonds is 4. The van der Waals surface area contributed by atoms with Crippen LogP contribution < -0.4 is 9.47 Å². The summed E-state index contributed by atoms with van der Waals surface area (Å²) in [5.41, 5.74) is 2.93. The molecule has 0 amide bonds. The molecule has 1 aliphatic rings. The average Bonchev–Trinajstić information content (AvgIpc) is 3.59. The standard InChI is InChI=1S/C22H13N3O4S/c1-2-17(30-9-1)22-25-19(21-18(24-11-26-21)13-5-7-23-8-6-13)20(29-22)14-3-4-15-16(10-14)28-12-27-15/h1-11H,12H2. The van der Waals surface area contributed by atoms with Crippen LogP contribution in [0.1, 0.15) is 0 Å². The van der Waals surface area contributed by atoms with E-state index in [2.05, 4.69) is 9.97 Å². The third-order valence-corrected chi connectivity index (χ3v) is 5.59. The van der Waals surface area contributed by atoms with Crippen molar-refractivity contribution < 1.29 is 18.3 Å². The predicted octanol–water partition coefficient (Wildman–Crippen LogP) is 5.52. The molecule has 5 heterocycles. The van der Waals surface area contributed by atoms with Gasteiger partial charge < -0.3 is 18.3 Å². The first kappa shape index (κ1) is 17.0. The fraction of sp³-hybridized carbons (Fsp3) is 0.0455. The van der Waals surface area contributed by atoms with Crippen LogP contribution in [0.15, 0.2) is 75.5 Å². The molecule has 8 heteroatoms. The maximum absolute atomic E-state index is 6.22. The molecule has 7 nitrogen and oxygen atoms in total. The molecular weight excluding hydrogens is 402 g/mol. The van der Waals surface area contributed by atoms with Gasteiger partial charge in [0.25, 0.3) is 0 Å². The third kappa shape index (κ3) is 2.77. The lowest BCUT2D eigenvalue weighted by Gasteiger charge is -2.03. The smallest absolute Gasteiger partial charge is 0.237 e. The molecule has 0 N–H and O–H groups in total. The monoisotopic (exact) mass is 415 g/mol. The topological polar surface area (TPSA) is 83.4 Å². The number of pyridine rings is 1. The van der Waals surface area contributed by atoms with Crippen LogP contribution in [0.2, 0.25) is 0 Å². The van der Waals surface area contributed by atoms with Crippen molar-refractivity contribution in [3.05, 3.63) is 66.6 Å². The molecule has 0 spiro atoms. The van der Waals surface area contributed by atoms with Gasteiger partial charge in [-0.05, 0) is 41.8 Å². The summed E-state index contributed by atoms with van der Waals surface area (Å²) in [5.74, 6) is 2.99. The first-order chi connectivity index (χ1) is 14.9. The van der Waals surface area contributed by atoms with Crippen LogP contribution in [0.4, 0.5) is 0 Å². The van der Waals surface area contributed by atoms with Gasteiger partial charge in [-0.1, -0.05) is 6.07 Å². The molecule has 1 aliphatic heterocycles. The molecule has 0 saturated heterocycles. The minimum Gasteiger partial charge on any atom is -0.454 e. The Bertz CT molecular complexity index is 1330. The van der Waals surface area contributed by atoms with Crippen molar-refractivity contribution in [3.8, 4) is 56.3 Å². The Labute approximate surface area is 174 Å². The lowest BCUT2D eigenvalue weighted by Crippen LogP contribution is -1.92. The van der Waals surface area contributed by atoms with Crippen LogP contribution in [0.3, 0.4) is 0 Å². The Morgan fingerprint density at radius 2 is 1.77 bits per heavy atom. The lowest BCUT2D eigenvalue weighted by molar-refractivity contribution is 0.174. The molecule has 0 aliphatic carbocycles. The highest BCUT2D eigenvalue weighted by molar-refractivity contribution is 7.13. The zero-order valence-corrected chi connectivity index (χ0v) is 16.3. The van der Waals surface area contributed by atoms with Gasteiger partial charge in [0.2, 0.25) is 12.7 Å². The van der Waals surface area contributed by atoms with E-state index in [9.17, 15) is 0 Å². The van der Waals surface area contributed by atoms with Crippen LogP contribution in [0.25, 0.3) is 44.8 Å². The number of aromatic nitrogens is 3. The van der Waals surface area contributed by atoms with Crippen LogP contribution in [0, 0.1) is 0 Å². The van der Waals surface area contributed by atoms with Gasteiger partial charge in [0.05, 0.1) is 4.88 Å². The van der Waals surface area contributed by atoms with Crippen molar-refractivity contribution >= 4 is 11.3 Å². The molecule has 1 aromatic carbocycles. The van der Waals surface area contributed by atoms with Crippen LogP contribution >= 0.6 is 11.3 Å². The van der Waals surface area contributed by atoms with E-state index in [1.54, 1.807) is 23.7 Å². The number of oxazole rings is 2. The minimum absolute atomic E-state index is 0.205. The Morgan fingerprint density at radius 3 is 2.63 bits per heavy atom. The summed E-state index contributed by atoms with van der Waals surface area (Å²) in [7, 11) is 0. The summed E-state index contributed by atoms with van der Waals surface area (Å²) in [4.78, 5) is 14.2. The second-order valence-electron chi connectivity index (χ2n) is 6.51. The van der Waals surface area contributed by atoms with Crippen molar-refractivity contribution in [2.24, 2.45) is 0 Å². The molecule has 0 radical (unpaired) electrons. The van der Waals surface area contributed by atoms with Crippen LogP contribution in [-0.2, 0) is 0 Å². The average molecular weight is 415 g/mol. The molecule has 0 unspecified atom stereocenters. The zero-order chi connectivity index (χ0) is 19.9. The summed E-state index contributed by atoms with van der Waals surface area (Å²) in [6.45, 7) is 0.205. The number of fused-ring (bicyclic) bond motifs is 1. The molecule has 5 aromatic rings. The van der Waals surface area contributed by atoms with Gasteiger partial charge in [0.1, 0.15) is 5.69 Å². The molecule has 0 saturated carbocycles. The van der Waals surface area contributed by atoms with Crippen molar-refractivity contribution in [1.29, 1.82) is 0 Å². The van der Waals surface area contributed by atoms with E-state index in [-0.39, 0.29) is 6.79 Å². The summed E-state index contributed by atoms with van der Waals surface area (Å²) in [5, 5.41) is 1.98. The molecule has 0 atom stereocenters. The molecule has 6 rings (SSSR count). The quantitative estimate of drug-likeness (QED) is 0.382. The van der Waals surface area contributed by atoms with Crippen molar-refractivity contribution in [1.82, 2.24) is 15.0 Å². The Hall–Kier alpha value is -3.91. The molecule has 0 fully saturated rings. The number of benzene rings is 1. The van der Waals surface area contributed by atoms with Gasteiger partial charge in [0.15, 0.2) is 35.1 Å². The van der Waals surface area contributed by atoms with E-state index < -0.39 is 0 Å². The highest BCUT2D eigenvalue weighted by Gasteiger charge is 2.26. The second-order valence-corrected chi connectivity index (χ2v) is 7.46. The highest BCUT2D eigenvalue weighted by atomic mass is 32.1. The Balaban J connectivity index is 1.55. The van der Waals surface area contributed by atoms with Gasteiger partial charge in [-0.2, -0.15) is 0 Å². The van der Waals surface area contributed by atoms with E-state index in [0.29, 0.717) is 40.3 Å². The van der Waals surface area contributed by atoms with Crippen LogP contribution in [0.5, 0.6) is 11.5 Å². The molecule has 146 valence electrons. The summed E-state index contributed by atoms with van der Waals surface area (Å²) in [6.07, 6.45) is 4.84. The first-order valence-electron chi connectivity index (χ1n) is 9.16. The summed E-state index contributed by atoms with van der Waals surface area (Å²) in [6, 6.07) is 13.3. The third-order valence-electron chi connectivity index (χ3n) is 4.73. The lowest BCUT2D eigenvalue weighted by atomic mass is 10.1. The SMILES string of the molecule is c1csc(-c2nc(-c3ocnc3-c3ccncc3)c(-c3ccc4c(c3)OCO4)o2)c1. The predicted molar refractivity (Wildman–Crippen MR) is 110 cm³/mol. The maximum Gasteiger partial charge on any atom is 0.237 e. The van der Waals surface area contributed by atoms with E-state index >= 15 is 0 Å². The van der Waals surface area contributed by atoms with E-state index in [1.807, 2.05) is 47.8 Å². The zero-order valence-electron chi connectivity index (χ0n) is 15.4. The van der Waals surface area contributed by atoms with Gasteiger partial charge in [0, 0.05) is 23.5 Å². The van der Waals surface area contributed by atoms with E-state index in [0.717, 1.165) is 16.0 Å². The summed E-state index contributed by atoms with van der Waals surface area (Å²) < 4.78 is 23.0. The first-order valence-corrected chi connectivity index (χ1v) is 10.0. The van der Waals surface area contributed by atoms with Crippen molar-refractivity contribution in [2.45, 2.75) is 0 Å². The molecule has 0 bridgehead atoms. The number of ether oxygens (including phenoxy) is 2. The minimum atomic E-state index is 0.205. The van der Waals surface area contributed by atoms with Gasteiger partial charge in [-0.15, -0.1) is 11.3 Å². The fourth-order valence-corrected chi connectivity index (χ4v) is 3.99. The maximum atomic E-state index is 6.22. The summed E-state index contributed by atoms with van der Waals surface area (Å²) >= 11 is 1.56. The Morgan fingerprint density at radius 1 is 0.867 bits per heavy atom.